The number of urea groups is 1. The highest BCUT2D eigenvalue weighted by atomic mass is 32.2. The zero-order chi connectivity index (χ0) is 19.7. The van der Waals surface area contributed by atoms with Gasteiger partial charge in [0.15, 0.2) is 0 Å². The zero-order valence-electron chi connectivity index (χ0n) is 16.0. The Balaban J connectivity index is 1.36. The first-order valence-electron chi connectivity index (χ1n) is 9.60. The minimum Gasteiger partial charge on any atom is -0.320 e. The van der Waals surface area contributed by atoms with Gasteiger partial charge in [-0.2, -0.15) is 4.31 Å². The van der Waals surface area contributed by atoms with Gasteiger partial charge in [0.2, 0.25) is 0 Å². The van der Waals surface area contributed by atoms with Gasteiger partial charge in [0.25, 0.3) is 10.0 Å². The van der Waals surface area contributed by atoms with Crippen LogP contribution in [0.1, 0.15) is 24.0 Å². The van der Waals surface area contributed by atoms with Crippen LogP contribution in [0.25, 0.3) is 0 Å². The highest BCUT2D eigenvalue weighted by Gasteiger charge is 2.37. The van der Waals surface area contributed by atoms with E-state index in [2.05, 4.69) is 25.1 Å². The van der Waals surface area contributed by atoms with Crippen LogP contribution in [0.4, 0.5) is 4.79 Å². The standard InChI is InChI=1S/C20H25N3O3S2/c1-16-4-2-5-17(14-16)15-21-11-12-23(20(21)24)18-7-9-22(10-8-18)28(25,26)19-6-3-13-27-19/h2-6,13-14,18H,7-12,15H2,1H3. The van der Waals surface area contributed by atoms with Crippen molar-refractivity contribution < 1.29 is 13.2 Å². The van der Waals surface area contributed by atoms with Crippen molar-refractivity contribution in [3.05, 3.63) is 52.9 Å². The maximum absolute atomic E-state index is 12.9. The number of carbonyl (C=O) groups excluding carboxylic acids is 1. The Morgan fingerprint density at radius 2 is 1.86 bits per heavy atom. The number of amides is 2. The SMILES string of the molecule is Cc1cccc(CN2CCN(C3CCN(S(=O)(=O)c4cccs4)CC3)C2=O)c1. The number of benzene rings is 1. The van der Waals surface area contributed by atoms with Gasteiger partial charge in [-0.25, -0.2) is 13.2 Å². The monoisotopic (exact) mass is 419 g/mol. The number of hydrogen-bond donors (Lipinski definition) is 0. The lowest BCUT2D eigenvalue weighted by Crippen LogP contribution is -2.47. The highest BCUT2D eigenvalue weighted by molar-refractivity contribution is 7.91. The van der Waals surface area contributed by atoms with E-state index in [1.54, 1.807) is 21.8 Å². The van der Waals surface area contributed by atoms with E-state index >= 15 is 0 Å². The first kappa shape index (κ1) is 19.4. The summed E-state index contributed by atoms with van der Waals surface area (Å²) >= 11 is 1.25. The Labute approximate surface area is 170 Å². The van der Waals surface area contributed by atoms with E-state index in [-0.39, 0.29) is 12.1 Å². The van der Waals surface area contributed by atoms with Crippen LogP contribution in [0, 0.1) is 6.92 Å². The average molecular weight is 420 g/mol. The molecule has 1 aromatic carbocycles. The van der Waals surface area contributed by atoms with Crippen LogP contribution in [-0.4, -0.2) is 60.8 Å². The number of thiophene rings is 1. The average Bonchev–Trinajstić information content (AvgIpc) is 3.34. The van der Waals surface area contributed by atoms with Gasteiger partial charge in [0, 0.05) is 38.8 Å². The predicted octanol–water partition coefficient (Wildman–Crippen LogP) is 3.15. The third kappa shape index (κ3) is 3.81. The summed E-state index contributed by atoms with van der Waals surface area (Å²) in [6, 6.07) is 11.8. The molecule has 3 heterocycles. The van der Waals surface area contributed by atoms with Gasteiger partial charge in [-0.1, -0.05) is 35.9 Å². The minimum absolute atomic E-state index is 0.0704. The van der Waals surface area contributed by atoms with Crippen molar-refractivity contribution >= 4 is 27.4 Å². The normalized spacial score (nSPS) is 19.5. The van der Waals surface area contributed by atoms with Gasteiger partial charge in [-0.15, -0.1) is 11.3 Å². The molecular weight excluding hydrogens is 394 g/mol. The first-order valence-corrected chi connectivity index (χ1v) is 11.9. The lowest BCUT2D eigenvalue weighted by molar-refractivity contribution is 0.153. The van der Waals surface area contributed by atoms with Gasteiger partial charge in [-0.3, -0.25) is 0 Å². The molecule has 2 fully saturated rings. The molecule has 0 saturated carbocycles. The molecule has 0 spiro atoms. The van der Waals surface area contributed by atoms with Crippen LogP contribution >= 0.6 is 11.3 Å². The van der Waals surface area contributed by atoms with E-state index in [0.717, 1.165) is 12.1 Å². The molecule has 28 heavy (non-hydrogen) atoms. The van der Waals surface area contributed by atoms with Gasteiger partial charge >= 0.3 is 6.03 Å². The van der Waals surface area contributed by atoms with Gasteiger partial charge in [0.05, 0.1) is 0 Å². The summed E-state index contributed by atoms with van der Waals surface area (Å²) in [5.74, 6) is 0. The van der Waals surface area contributed by atoms with Crippen molar-refractivity contribution in [2.45, 2.75) is 36.6 Å². The van der Waals surface area contributed by atoms with E-state index in [1.807, 2.05) is 15.9 Å². The summed E-state index contributed by atoms with van der Waals surface area (Å²) < 4.78 is 27.3. The Morgan fingerprint density at radius 3 is 2.54 bits per heavy atom. The molecule has 0 aliphatic carbocycles. The topological polar surface area (TPSA) is 60.9 Å². The molecule has 2 aliphatic heterocycles. The van der Waals surface area contributed by atoms with E-state index < -0.39 is 10.0 Å². The van der Waals surface area contributed by atoms with Crippen LogP contribution in [-0.2, 0) is 16.6 Å². The van der Waals surface area contributed by atoms with E-state index in [9.17, 15) is 13.2 Å². The number of rotatable bonds is 5. The van der Waals surface area contributed by atoms with Crippen LogP contribution < -0.4 is 0 Å². The number of carbonyl (C=O) groups is 1. The summed E-state index contributed by atoms with van der Waals surface area (Å²) in [6.07, 6.45) is 1.38. The second-order valence-corrected chi connectivity index (χ2v) is 10.6. The van der Waals surface area contributed by atoms with Gasteiger partial charge in [0.1, 0.15) is 4.21 Å². The molecule has 8 heteroatoms. The quantitative estimate of drug-likeness (QED) is 0.748. The lowest BCUT2D eigenvalue weighted by atomic mass is 10.1. The van der Waals surface area contributed by atoms with Crippen LogP contribution in [0.3, 0.4) is 0 Å². The second kappa shape index (κ2) is 7.85. The Hall–Kier alpha value is -1.90. The molecular formula is C20H25N3O3S2. The van der Waals surface area contributed by atoms with Gasteiger partial charge < -0.3 is 9.80 Å². The molecule has 0 atom stereocenters. The molecule has 2 saturated heterocycles. The Bertz CT molecular complexity index is 935. The molecule has 0 N–H and O–H groups in total. The van der Waals surface area contributed by atoms with Crippen molar-refractivity contribution in [1.82, 2.24) is 14.1 Å². The number of nitrogens with zero attached hydrogens (tertiary/aromatic N) is 3. The zero-order valence-corrected chi connectivity index (χ0v) is 17.6. The maximum atomic E-state index is 12.9. The molecule has 4 rings (SSSR count). The van der Waals surface area contributed by atoms with Crippen LogP contribution in [0.15, 0.2) is 46.0 Å². The maximum Gasteiger partial charge on any atom is 0.320 e. The predicted molar refractivity (Wildman–Crippen MR) is 110 cm³/mol. The van der Waals surface area contributed by atoms with E-state index in [4.69, 9.17) is 0 Å². The number of hydrogen-bond acceptors (Lipinski definition) is 4. The Kier molecular flexibility index (Phi) is 5.44. The fourth-order valence-electron chi connectivity index (χ4n) is 4.05. The fourth-order valence-corrected chi connectivity index (χ4v) is 6.66. The molecule has 2 aliphatic rings. The highest BCUT2D eigenvalue weighted by Crippen LogP contribution is 2.27. The van der Waals surface area contributed by atoms with E-state index in [1.165, 1.54) is 16.9 Å². The minimum atomic E-state index is -3.40. The molecule has 2 aromatic rings. The smallest absolute Gasteiger partial charge is 0.320 e. The van der Waals surface area contributed by atoms with Crippen molar-refractivity contribution in [2.24, 2.45) is 0 Å². The van der Waals surface area contributed by atoms with Gasteiger partial charge in [-0.05, 0) is 36.8 Å². The summed E-state index contributed by atoms with van der Waals surface area (Å²) in [5.41, 5.74) is 2.34. The molecule has 6 nitrogen and oxygen atoms in total. The fraction of sp³-hybridized carbons (Fsp3) is 0.450. The van der Waals surface area contributed by atoms with E-state index in [0.29, 0.717) is 43.2 Å². The largest absolute Gasteiger partial charge is 0.320 e. The lowest BCUT2D eigenvalue weighted by Gasteiger charge is -2.35. The van der Waals surface area contributed by atoms with Crippen molar-refractivity contribution in [2.75, 3.05) is 26.2 Å². The van der Waals surface area contributed by atoms with Crippen LogP contribution in [0.5, 0.6) is 0 Å². The van der Waals surface area contributed by atoms with Crippen molar-refractivity contribution in [3.8, 4) is 0 Å². The Morgan fingerprint density at radius 1 is 1.07 bits per heavy atom. The number of aryl methyl sites for hydroxylation is 1. The summed E-state index contributed by atoms with van der Waals surface area (Å²) in [4.78, 5) is 16.7. The first-order chi connectivity index (χ1) is 13.4. The number of piperidine rings is 1. The van der Waals surface area contributed by atoms with Crippen molar-refractivity contribution in [3.63, 3.8) is 0 Å². The second-order valence-electron chi connectivity index (χ2n) is 7.45. The molecule has 150 valence electrons. The number of sulfonamides is 1. The molecule has 1 aromatic heterocycles. The molecule has 0 bridgehead atoms. The molecule has 2 amide bonds. The molecule has 0 radical (unpaired) electrons. The van der Waals surface area contributed by atoms with Crippen LogP contribution in [0.2, 0.25) is 0 Å². The molecule has 0 unspecified atom stereocenters. The third-order valence-corrected chi connectivity index (χ3v) is 8.81. The summed E-state index contributed by atoms with van der Waals surface area (Å²) in [6.45, 7) is 5.05. The summed E-state index contributed by atoms with van der Waals surface area (Å²) in [5, 5.41) is 1.78. The third-order valence-electron chi connectivity index (χ3n) is 5.54. The summed E-state index contributed by atoms with van der Waals surface area (Å²) in [7, 11) is -3.40. The van der Waals surface area contributed by atoms with Crippen molar-refractivity contribution in [1.29, 1.82) is 0 Å².